The first-order chi connectivity index (χ1) is 12.9. The average Bonchev–Trinajstić information content (AvgIpc) is 2.62. The highest BCUT2D eigenvalue weighted by atomic mass is 32.2. The molecule has 0 bridgehead atoms. The maximum absolute atomic E-state index is 12.4. The van der Waals surface area contributed by atoms with Crippen LogP contribution in [0.25, 0.3) is 0 Å². The molecule has 144 valence electrons. The summed E-state index contributed by atoms with van der Waals surface area (Å²) in [6, 6.07) is 16.9. The quantitative estimate of drug-likeness (QED) is 0.708. The number of amides is 1. The molecule has 0 aliphatic carbocycles. The van der Waals surface area contributed by atoms with Crippen LogP contribution < -0.4 is 4.18 Å². The Balaban J connectivity index is 1.51. The van der Waals surface area contributed by atoms with Crippen LogP contribution in [0.4, 0.5) is 0 Å². The van der Waals surface area contributed by atoms with Crippen molar-refractivity contribution in [1.29, 1.82) is 0 Å². The number of carbonyl (C=O) groups is 1. The van der Waals surface area contributed by atoms with Gasteiger partial charge in [0.2, 0.25) is 5.91 Å². The van der Waals surface area contributed by atoms with Crippen molar-refractivity contribution in [3.63, 3.8) is 0 Å². The molecule has 0 N–H and O–H groups in total. The summed E-state index contributed by atoms with van der Waals surface area (Å²) in [5, 5.41) is 0. The Hall–Kier alpha value is -2.38. The minimum atomic E-state index is -3.53. The zero-order valence-electron chi connectivity index (χ0n) is 15.4. The monoisotopic (exact) mass is 388 g/mol. The number of hydrogen-bond donors (Lipinski definition) is 0. The third kappa shape index (κ3) is 6.08. The van der Waals surface area contributed by atoms with E-state index >= 15 is 0 Å². The van der Waals surface area contributed by atoms with Crippen molar-refractivity contribution in [2.75, 3.05) is 32.4 Å². The standard InChI is InChI=1S/C20H24N2O4S/c1-27(24,25)26-19-9-5-8-18(14-19)16-21-10-12-22(13-11-21)20(23)15-17-6-3-2-4-7-17/h2-9,14H,10-13,15-16H2,1H3. The van der Waals surface area contributed by atoms with Gasteiger partial charge in [0.05, 0.1) is 12.7 Å². The van der Waals surface area contributed by atoms with Crippen molar-refractivity contribution >= 4 is 16.0 Å². The Kier molecular flexibility index (Phi) is 6.13. The van der Waals surface area contributed by atoms with Crippen molar-refractivity contribution in [2.24, 2.45) is 0 Å². The first-order valence-corrected chi connectivity index (χ1v) is 10.7. The van der Waals surface area contributed by atoms with Gasteiger partial charge in [-0.05, 0) is 23.3 Å². The number of carbonyl (C=O) groups excluding carboxylic acids is 1. The Bertz CT molecular complexity index is 876. The molecule has 0 radical (unpaired) electrons. The van der Waals surface area contributed by atoms with E-state index in [1.807, 2.05) is 41.3 Å². The van der Waals surface area contributed by atoms with Gasteiger partial charge in [0.1, 0.15) is 5.75 Å². The van der Waals surface area contributed by atoms with Gasteiger partial charge in [-0.2, -0.15) is 8.42 Å². The summed E-state index contributed by atoms with van der Waals surface area (Å²) >= 11 is 0. The zero-order chi connectivity index (χ0) is 19.3. The summed E-state index contributed by atoms with van der Waals surface area (Å²) in [5.74, 6) is 0.482. The van der Waals surface area contributed by atoms with Crippen LogP contribution in [0.5, 0.6) is 5.75 Å². The van der Waals surface area contributed by atoms with E-state index in [1.54, 1.807) is 18.2 Å². The Morgan fingerprint density at radius 2 is 1.63 bits per heavy atom. The number of hydrogen-bond acceptors (Lipinski definition) is 5. The smallest absolute Gasteiger partial charge is 0.306 e. The van der Waals surface area contributed by atoms with Gasteiger partial charge < -0.3 is 9.08 Å². The molecule has 1 fully saturated rings. The molecule has 2 aromatic carbocycles. The summed E-state index contributed by atoms with van der Waals surface area (Å²) in [6.07, 6.45) is 1.47. The van der Waals surface area contributed by atoms with E-state index in [2.05, 4.69) is 4.90 Å². The molecule has 7 heteroatoms. The number of nitrogens with zero attached hydrogens (tertiary/aromatic N) is 2. The predicted octanol–water partition coefficient (Wildman–Crippen LogP) is 1.91. The van der Waals surface area contributed by atoms with Gasteiger partial charge in [-0.1, -0.05) is 42.5 Å². The largest absolute Gasteiger partial charge is 0.383 e. The number of rotatable bonds is 6. The highest BCUT2D eigenvalue weighted by Gasteiger charge is 2.21. The second kappa shape index (κ2) is 8.54. The number of piperazine rings is 1. The predicted molar refractivity (Wildman–Crippen MR) is 104 cm³/mol. The summed E-state index contributed by atoms with van der Waals surface area (Å²) in [7, 11) is -3.53. The molecule has 0 aromatic heterocycles. The molecule has 1 aliphatic heterocycles. The molecular formula is C20H24N2O4S. The van der Waals surface area contributed by atoms with E-state index in [9.17, 15) is 13.2 Å². The van der Waals surface area contributed by atoms with Crippen molar-refractivity contribution < 1.29 is 17.4 Å². The topological polar surface area (TPSA) is 66.9 Å². The van der Waals surface area contributed by atoms with Crippen LogP contribution in [-0.2, 0) is 27.9 Å². The molecule has 0 unspecified atom stereocenters. The van der Waals surface area contributed by atoms with Gasteiger partial charge in [0, 0.05) is 32.7 Å². The van der Waals surface area contributed by atoms with E-state index in [0.29, 0.717) is 31.8 Å². The highest BCUT2D eigenvalue weighted by molar-refractivity contribution is 7.86. The average molecular weight is 388 g/mol. The fraction of sp³-hybridized carbons (Fsp3) is 0.350. The van der Waals surface area contributed by atoms with Crippen LogP contribution in [0.2, 0.25) is 0 Å². The molecular weight excluding hydrogens is 364 g/mol. The van der Waals surface area contributed by atoms with E-state index in [4.69, 9.17) is 4.18 Å². The first kappa shape index (κ1) is 19.4. The lowest BCUT2D eigenvalue weighted by Crippen LogP contribution is -2.48. The van der Waals surface area contributed by atoms with E-state index in [0.717, 1.165) is 30.5 Å². The zero-order valence-corrected chi connectivity index (χ0v) is 16.2. The van der Waals surface area contributed by atoms with Gasteiger partial charge in [0.25, 0.3) is 0 Å². The van der Waals surface area contributed by atoms with Crippen molar-refractivity contribution in [2.45, 2.75) is 13.0 Å². The molecule has 1 heterocycles. The molecule has 3 rings (SSSR count). The lowest BCUT2D eigenvalue weighted by atomic mass is 10.1. The van der Waals surface area contributed by atoms with E-state index in [1.165, 1.54) is 0 Å². The molecule has 1 aliphatic rings. The fourth-order valence-corrected chi connectivity index (χ4v) is 3.62. The van der Waals surface area contributed by atoms with Gasteiger partial charge >= 0.3 is 10.1 Å². The van der Waals surface area contributed by atoms with Crippen molar-refractivity contribution in [1.82, 2.24) is 9.80 Å². The van der Waals surface area contributed by atoms with Gasteiger partial charge in [-0.25, -0.2) is 0 Å². The fourth-order valence-electron chi connectivity index (χ4n) is 3.17. The van der Waals surface area contributed by atoms with E-state index < -0.39 is 10.1 Å². The summed E-state index contributed by atoms with van der Waals surface area (Å²) in [6.45, 7) is 3.67. The second-order valence-electron chi connectivity index (χ2n) is 6.75. The Labute approximate surface area is 160 Å². The Morgan fingerprint density at radius 3 is 2.30 bits per heavy atom. The molecule has 1 saturated heterocycles. The SMILES string of the molecule is CS(=O)(=O)Oc1cccc(CN2CCN(C(=O)Cc3ccccc3)CC2)c1. The summed E-state index contributed by atoms with van der Waals surface area (Å²) < 4.78 is 27.5. The molecule has 27 heavy (non-hydrogen) atoms. The normalized spacial score (nSPS) is 15.5. The highest BCUT2D eigenvalue weighted by Crippen LogP contribution is 2.17. The molecule has 0 spiro atoms. The maximum Gasteiger partial charge on any atom is 0.306 e. The van der Waals surface area contributed by atoms with Crippen LogP contribution in [0.1, 0.15) is 11.1 Å². The minimum absolute atomic E-state index is 0.157. The van der Waals surface area contributed by atoms with Crippen LogP contribution in [0.3, 0.4) is 0 Å². The van der Waals surface area contributed by atoms with Crippen molar-refractivity contribution in [3.8, 4) is 5.75 Å². The third-order valence-electron chi connectivity index (χ3n) is 4.48. The summed E-state index contributed by atoms with van der Waals surface area (Å²) in [5.41, 5.74) is 2.02. The third-order valence-corrected chi connectivity index (χ3v) is 4.97. The Morgan fingerprint density at radius 1 is 0.963 bits per heavy atom. The lowest BCUT2D eigenvalue weighted by Gasteiger charge is -2.35. The molecule has 0 atom stereocenters. The van der Waals surface area contributed by atoms with E-state index in [-0.39, 0.29) is 5.91 Å². The van der Waals surface area contributed by atoms with Gasteiger partial charge in [-0.15, -0.1) is 0 Å². The molecule has 2 aromatic rings. The van der Waals surface area contributed by atoms with Crippen molar-refractivity contribution in [3.05, 3.63) is 65.7 Å². The van der Waals surface area contributed by atoms with Gasteiger partial charge in [-0.3, -0.25) is 9.69 Å². The van der Waals surface area contributed by atoms with Gasteiger partial charge in [0.15, 0.2) is 0 Å². The lowest BCUT2D eigenvalue weighted by molar-refractivity contribution is -0.132. The second-order valence-corrected chi connectivity index (χ2v) is 8.33. The van der Waals surface area contributed by atoms with Crippen LogP contribution in [0, 0.1) is 0 Å². The molecule has 0 saturated carbocycles. The number of benzene rings is 2. The van der Waals surface area contributed by atoms with Crippen LogP contribution in [0.15, 0.2) is 54.6 Å². The summed E-state index contributed by atoms with van der Waals surface area (Å²) in [4.78, 5) is 16.6. The minimum Gasteiger partial charge on any atom is -0.383 e. The first-order valence-electron chi connectivity index (χ1n) is 8.91. The maximum atomic E-state index is 12.4. The van der Waals surface area contributed by atoms with Crippen LogP contribution in [-0.4, -0.2) is 56.6 Å². The molecule has 6 nitrogen and oxygen atoms in total. The molecule has 1 amide bonds. The van der Waals surface area contributed by atoms with Crippen LogP contribution >= 0.6 is 0 Å².